The van der Waals surface area contributed by atoms with Crippen molar-refractivity contribution in [3.05, 3.63) is 63.6 Å². The summed E-state index contributed by atoms with van der Waals surface area (Å²) in [5.74, 6) is 0. The van der Waals surface area contributed by atoms with Crippen LogP contribution >= 0.6 is 11.6 Å². The molecule has 0 aliphatic carbocycles. The molecule has 0 N–H and O–H groups in total. The number of benzene rings is 2. The zero-order chi connectivity index (χ0) is 20.5. The van der Waals surface area contributed by atoms with E-state index >= 15 is 0 Å². The molecule has 0 spiro atoms. The molecule has 1 aliphatic rings. The van der Waals surface area contributed by atoms with Crippen LogP contribution in [0.4, 0.5) is 5.69 Å². The second-order valence-corrected chi connectivity index (χ2v) is 7.38. The summed E-state index contributed by atoms with van der Waals surface area (Å²) in [6.45, 7) is 6.52. The highest BCUT2D eigenvalue weighted by Gasteiger charge is 2.31. The average Bonchev–Trinajstić information content (AvgIpc) is 2.76. The summed E-state index contributed by atoms with van der Waals surface area (Å²) in [5, 5.41) is 36.1. The predicted molar refractivity (Wildman–Crippen MR) is 111 cm³/mol. The van der Waals surface area contributed by atoms with Gasteiger partial charge in [0.2, 0.25) is 0 Å². The highest BCUT2D eigenvalue weighted by atomic mass is 35.5. The fraction of sp³-hybridized carbons (Fsp3) is 0.286. The highest BCUT2D eigenvalue weighted by Crippen LogP contribution is 2.31. The zero-order valence-corrected chi connectivity index (χ0v) is 16.8. The predicted octanol–water partition coefficient (Wildman–Crippen LogP) is 2.44. The fourth-order valence-electron chi connectivity index (χ4n) is 3.79. The second-order valence-electron chi connectivity index (χ2n) is 6.98. The first kappa shape index (κ1) is 19.2. The van der Waals surface area contributed by atoms with Gasteiger partial charge in [-0.2, -0.15) is 9.99 Å². The second kappa shape index (κ2) is 7.74. The minimum atomic E-state index is -0.251. The summed E-state index contributed by atoms with van der Waals surface area (Å²) < 4.78 is 1.16. The molecule has 8 heteroatoms. The van der Waals surface area contributed by atoms with Crippen molar-refractivity contribution in [2.45, 2.75) is 6.92 Å². The number of likely N-dealkylation sites (N-methyl/N-ethyl adjacent to an activating group) is 1. The first-order chi connectivity index (χ1) is 14.0. The summed E-state index contributed by atoms with van der Waals surface area (Å²) in [5.41, 5.74) is 1.30. The molecule has 0 radical (unpaired) electrons. The van der Waals surface area contributed by atoms with Crippen LogP contribution in [0.2, 0.25) is 5.02 Å². The molecule has 1 saturated heterocycles. The lowest BCUT2D eigenvalue weighted by atomic mass is 10.1. The van der Waals surface area contributed by atoms with E-state index in [2.05, 4.69) is 16.7 Å². The molecule has 1 fully saturated rings. The smallest absolute Gasteiger partial charge is 0.369 e. The van der Waals surface area contributed by atoms with Crippen LogP contribution in [0.25, 0.3) is 22.3 Å². The molecule has 0 saturated carbocycles. The van der Waals surface area contributed by atoms with Crippen LogP contribution in [0.15, 0.2) is 42.5 Å². The summed E-state index contributed by atoms with van der Waals surface area (Å²) >= 11 is 6.48. The molecule has 7 nitrogen and oxygen atoms in total. The van der Waals surface area contributed by atoms with Gasteiger partial charge in [-0.3, -0.25) is 0 Å². The molecule has 3 aromatic rings. The molecular weight excluding hydrogens is 390 g/mol. The molecule has 0 unspecified atom stereocenters. The van der Waals surface area contributed by atoms with Crippen molar-refractivity contribution in [1.29, 1.82) is 5.26 Å². The lowest BCUT2D eigenvalue weighted by molar-refractivity contribution is -0.622. The lowest BCUT2D eigenvalue weighted by Gasteiger charge is -2.35. The van der Waals surface area contributed by atoms with Gasteiger partial charge in [-0.1, -0.05) is 36.7 Å². The van der Waals surface area contributed by atoms with Gasteiger partial charge in [-0.15, -0.1) is 4.73 Å². The van der Waals surface area contributed by atoms with Gasteiger partial charge >= 0.3 is 11.4 Å². The molecule has 2 heterocycles. The van der Waals surface area contributed by atoms with Gasteiger partial charge in [0.15, 0.2) is 6.07 Å². The number of anilines is 1. The number of hydrogen-bond acceptors (Lipinski definition) is 5. The van der Waals surface area contributed by atoms with E-state index in [1.54, 1.807) is 30.3 Å². The molecule has 29 heavy (non-hydrogen) atoms. The molecule has 0 atom stereocenters. The molecule has 2 aromatic carbocycles. The summed E-state index contributed by atoms with van der Waals surface area (Å²) in [6.07, 6.45) is 0. The Morgan fingerprint density at radius 2 is 1.69 bits per heavy atom. The van der Waals surface area contributed by atoms with Crippen LogP contribution in [-0.4, -0.2) is 37.6 Å². The number of piperazine rings is 1. The van der Waals surface area contributed by atoms with Crippen LogP contribution < -0.4 is 14.4 Å². The Bertz CT molecular complexity index is 1110. The van der Waals surface area contributed by atoms with Crippen molar-refractivity contribution in [2.24, 2.45) is 0 Å². The van der Waals surface area contributed by atoms with Gasteiger partial charge in [0.1, 0.15) is 0 Å². The van der Waals surface area contributed by atoms with Crippen LogP contribution in [0.1, 0.15) is 12.6 Å². The summed E-state index contributed by atoms with van der Waals surface area (Å²) in [7, 11) is 0. The van der Waals surface area contributed by atoms with Gasteiger partial charge in [0.05, 0.1) is 16.3 Å². The van der Waals surface area contributed by atoms with Gasteiger partial charge in [0.25, 0.3) is 11.0 Å². The zero-order valence-electron chi connectivity index (χ0n) is 16.0. The maximum Gasteiger partial charge on any atom is 0.369 e. The van der Waals surface area contributed by atoms with E-state index in [9.17, 15) is 15.7 Å². The van der Waals surface area contributed by atoms with E-state index in [-0.39, 0.29) is 22.4 Å². The fourth-order valence-corrected chi connectivity index (χ4v) is 4.07. The number of hydrogen-bond donors (Lipinski definition) is 0. The topological polar surface area (TPSA) is 84.2 Å². The minimum Gasteiger partial charge on any atom is -0.617 e. The van der Waals surface area contributed by atoms with E-state index in [1.165, 1.54) is 6.07 Å². The first-order valence-corrected chi connectivity index (χ1v) is 9.88. The Morgan fingerprint density at radius 1 is 1.03 bits per heavy atom. The van der Waals surface area contributed by atoms with E-state index in [0.717, 1.165) is 38.4 Å². The van der Waals surface area contributed by atoms with E-state index in [1.807, 2.05) is 12.1 Å². The average molecular weight is 410 g/mol. The van der Waals surface area contributed by atoms with Gasteiger partial charge in [-0.25, -0.2) is 0 Å². The quantitative estimate of drug-likeness (QED) is 0.490. The number of nitriles is 1. The van der Waals surface area contributed by atoms with E-state index in [0.29, 0.717) is 20.0 Å². The van der Waals surface area contributed by atoms with Crippen molar-refractivity contribution in [3.8, 4) is 17.3 Å². The van der Waals surface area contributed by atoms with Gasteiger partial charge in [-0.05, 0) is 18.7 Å². The largest absolute Gasteiger partial charge is 0.617 e. The molecule has 4 rings (SSSR count). The third kappa shape index (κ3) is 3.31. The van der Waals surface area contributed by atoms with Crippen LogP contribution in [-0.2, 0) is 0 Å². The monoisotopic (exact) mass is 409 g/mol. The Hall–Kier alpha value is -3.08. The molecule has 148 valence electrons. The maximum atomic E-state index is 13.2. The van der Waals surface area contributed by atoms with Crippen LogP contribution in [0, 0.1) is 21.7 Å². The van der Waals surface area contributed by atoms with Crippen molar-refractivity contribution in [1.82, 2.24) is 4.90 Å². The van der Waals surface area contributed by atoms with Gasteiger partial charge in [0, 0.05) is 38.3 Å². The summed E-state index contributed by atoms with van der Waals surface area (Å²) in [6, 6.07) is 13.8. The minimum absolute atomic E-state index is 0.0414. The number of rotatable bonds is 3. The van der Waals surface area contributed by atoms with Crippen molar-refractivity contribution >= 4 is 28.3 Å². The number of fused-ring (bicyclic) bond motifs is 1. The number of halogens is 1. The molecule has 0 amide bonds. The Balaban J connectivity index is 1.90. The summed E-state index contributed by atoms with van der Waals surface area (Å²) in [4.78, 5) is 4.47. The van der Waals surface area contributed by atoms with Crippen molar-refractivity contribution in [3.63, 3.8) is 0 Å². The molecular formula is C21H20ClN5O2. The van der Waals surface area contributed by atoms with Crippen molar-refractivity contribution < 1.29 is 9.46 Å². The van der Waals surface area contributed by atoms with E-state index < -0.39 is 0 Å². The lowest BCUT2D eigenvalue weighted by Crippen LogP contribution is -2.47. The van der Waals surface area contributed by atoms with Crippen LogP contribution in [0.5, 0.6) is 0 Å². The number of nitrogens with zero attached hydrogens (tertiary/aromatic N) is 5. The maximum absolute atomic E-state index is 13.2. The first-order valence-electron chi connectivity index (χ1n) is 9.50. The third-order valence-corrected chi connectivity index (χ3v) is 5.73. The Morgan fingerprint density at radius 3 is 2.31 bits per heavy atom. The Labute approximate surface area is 173 Å². The number of aromatic nitrogens is 2. The molecule has 1 aliphatic heterocycles. The van der Waals surface area contributed by atoms with Gasteiger partial charge < -0.3 is 20.2 Å². The highest BCUT2D eigenvalue weighted by molar-refractivity contribution is 6.34. The normalized spacial score (nSPS) is 14.9. The molecule has 1 aromatic heterocycles. The van der Waals surface area contributed by atoms with Crippen molar-refractivity contribution in [2.75, 3.05) is 37.6 Å². The molecule has 0 bridgehead atoms. The van der Waals surface area contributed by atoms with Crippen LogP contribution in [0.3, 0.4) is 0 Å². The SMILES string of the molecule is CCN1CCN(c2cc3c(cc2Cl)[n+]([O-])c(C#N)c(-c2ccccc2)[n+]3[O-])CC1. The standard InChI is InChI=1S/C21H20ClN5O2/c1-2-24-8-10-25(11-9-24)17-13-19-18(12-16(17)22)26(28)20(14-23)21(27(19)29)15-6-4-3-5-7-15/h3-7,12-13H,2,8-11H2,1H3. The third-order valence-electron chi connectivity index (χ3n) is 5.43. The Kier molecular flexibility index (Phi) is 5.14. The van der Waals surface area contributed by atoms with E-state index in [4.69, 9.17) is 11.6 Å².